The topological polar surface area (TPSA) is 35.2 Å². The molecule has 0 radical (unpaired) electrons. The van der Waals surface area contributed by atoms with Gasteiger partial charge in [-0.05, 0) is 24.7 Å². The van der Waals surface area contributed by atoms with Crippen LogP contribution >= 0.6 is 0 Å². The van der Waals surface area contributed by atoms with Crippen LogP contribution in [0.5, 0.6) is 0 Å². The lowest BCUT2D eigenvalue weighted by Gasteiger charge is -2.40. The molecule has 82 valence electrons. The normalized spacial score (nSPS) is 33.2. The zero-order valence-corrected chi connectivity index (χ0v) is 9.84. The van der Waals surface area contributed by atoms with E-state index in [-0.39, 0.29) is 17.1 Å². The van der Waals surface area contributed by atoms with E-state index in [2.05, 4.69) is 27.7 Å². The molecule has 1 atom stereocenters. The SMILES string of the molecule is CC(C)C1(C(C)C)COC2(CC2)[C@H]1N. The van der Waals surface area contributed by atoms with Gasteiger partial charge in [0.1, 0.15) is 0 Å². The molecular weight excluding hydrogens is 174 g/mol. The van der Waals surface area contributed by atoms with E-state index in [0.29, 0.717) is 11.8 Å². The van der Waals surface area contributed by atoms with Crippen molar-refractivity contribution in [3.8, 4) is 0 Å². The van der Waals surface area contributed by atoms with Crippen LogP contribution in [-0.4, -0.2) is 18.2 Å². The maximum absolute atomic E-state index is 6.43. The van der Waals surface area contributed by atoms with Gasteiger partial charge in [0.25, 0.3) is 0 Å². The van der Waals surface area contributed by atoms with Gasteiger partial charge in [-0.3, -0.25) is 0 Å². The van der Waals surface area contributed by atoms with Gasteiger partial charge in [0.05, 0.1) is 12.2 Å². The van der Waals surface area contributed by atoms with Gasteiger partial charge in [-0.1, -0.05) is 27.7 Å². The zero-order valence-electron chi connectivity index (χ0n) is 9.84. The van der Waals surface area contributed by atoms with E-state index < -0.39 is 0 Å². The third kappa shape index (κ3) is 1.10. The lowest BCUT2D eigenvalue weighted by molar-refractivity contribution is 0.0519. The van der Waals surface area contributed by atoms with Gasteiger partial charge in [0.15, 0.2) is 0 Å². The molecule has 14 heavy (non-hydrogen) atoms. The summed E-state index contributed by atoms with van der Waals surface area (Å²) in [5.74, 6) is 1.22. The maximum Gasteiger partial charge on any atom is 0.0841 e. The summed E-state index contributed by atoms with van der Waals surface area (Å²) in [4.78, 5) is 0. The summed E-state index contributed by atoms with van der Waals surface area (Å²) in [7, 11) is 0. The van der Waals surface area contributed by atoms with E-state index in [4.69, 9.17) is 10.5 Å². The molecule has 0 amide bonds. The first-order valence-electron chi connectivity index (χ1n) is 5.85. The highest BCUT2D eigenvalue weighted by Gasteiger charge is 2.64. The van der Waals surface area contributed by atoms with Crippen molar-refractivity contribution in [1.29, 1.82) is 0 Å². The van der Waals surface area contributed by atoms with E-state index in [9.17, 15) is 0 Å². The fourth-order valence-corrected chi connectivity index (χ4v) is 3.23. The first-order chi connectivity index (χ1) is 6.46. The quantitative estimate of drug-likeness (QED) is 0.736. The van der Waals surface area contributed by atoms with Crippen LogP contribution in [0.4, 0.5) is 0 Å². The molecule has 0 unspecified atom stereocenters. The Kier molecular flexibility index (Phi) is 2.20. The molecule has 2 N–H and O–H groups in total. The first kappa shape index (κ1) is 10.4. The Balaban J connectivity index is 2.28. The molecular formula is C12H23NO. The van der Waals surface area contributed by atoms with Crippen molar-refractivity contribution in [3.63, 3.8) is 0 Å². The molecule has 1 saturated carbocycles. The summed E-state index contributed by atoms with van der Waals surface area (Å²) in [6.07, 6.45) is 2.35. The third-order valence-corrected chi connectivity index (χ3v) is 4.65. The number of nitrogens with two attached hydrogens (primary N) is 1. The van der Waals surface area contributed by atoms with Crippen molar-refractivity contribution in [2.75, 3.05) is 6.61 Å². The van der Waals surface area contributed by atoms with Gasteiger partial charge < -0.3 is 10.5 Å². The molecule has 2 rings (SSSR count). The average Bonchev–Trinajstić information content (AvgIpc) is 2.78. The molecule has 0 aromatic heterocycles. The predicted octanol–water partition coefficient (Wildman–Crippen LogP) is 2.17. The monoisotopic (exact) mass is 197 g/mol. The van der Waals surface area contributed by atoms with Gasteiger partial charge in [0.2, 0.25) is 0 Å². The Morgan fingerprint density at radius 2 is 1.64 bits per heavy atom. The number of rotatable bonds is 2. The second-order valence-corrected chi connectivity index (χ2v) is 5.75. The van der Waals surface area contributed by atoms with Crippen LogP contribution in [0.2, 0.25) is 0 Å². The van der Waals surface area contributed by atoms with Gasteiger partial charge in [-0.15, -0.1) is 0 Å². The number of hydrogen-bond acceptors (Lipinski definition) is 2. The Bertz CT molecular complexity index is 222. The third-order valence-electron chi connectivity index (χ3n) is 4.65. The van der Waals surface area contributed by atoms with Gasteiger partial charge >= 0.3 is 0 Å². The van der Waals surface area contributed by atoms with Crippen LogP contribution in [0.3, 0.4) is 0 Å². The molecule has 2 heteroatoms. The summed E-state index contributed by atoms with van der Waals surface area (Å²) >= 11 is 0. The van der Waals surface area contributed by atoms with E-state index in [1.54, 1.807) is 0 Å². The molecule has 1 aliphatic carbocycles. The van der Waals surface area contributed by atoms with Crippen molar-refractivity contribution >= 4 is 0 Å². The fraction of sp³-hybridized carbons (Fsp3) is 1.00. The van der Waals surface area contributed by atoms with Crippen molar-refractivity contribution in [3.05, 3.63) is 0 Å². The van der Waals surface area contributed by atoms with E-state index in [1.807, 2.05) is 0 Å². The van der Waals surface area contributed by atoms with E-state index in [0.717, 1.165) is 6.61 Å². The van der Waals surface area contributed by atoms with Gasteiger partial charge in [-0.25, -0.2) is 0 Å². The minimum atomic E-state index is 0.0779. The Hall–Kier alpha value is -0.0800. The number of hydrogen-bond donors (Lipinski definition) is 1. The largest absolute Gasteiger partial charge is 0.373 e. The van der Waals surface area contributed by atoms with Crippen molar-refractivity contribution in [2.45, 2.75) is 52.2 Å². The van der Waals surface area contributed by atoms with Crippen LogP contribution in [0.1, 0.15) is 40.5 Å². The highest BCUT2D eigenvalue weighted by molar-refractivity contribution is 5.16. The van der Waals surface area contributed by atoms with Crippen LogP contribution in [0, 0.1) is 17.3 Å². The fourth-order valence-electron chi connectivity index (χ4n) is 3.23. The Labute approximate surface area is 87.2 Å². The molecule has 2 fully saturated rings. The van der Waals surface area contributed by atoms with Gasteiger partial charge in [0, 0.05) is 11.5 Å². The summed E-state index contributed by atoms with van der Waals surface area (Å²) in [5, 5.41) is 0. The molecule has 0 bridgehead atoms. The minimum Gasteiger partial charge on any atom is -0.373 e. The number of ether oxygens (including phenoxy) is 1. The summed E-state index contributed by atoms with van der Waals surface area (Å²) in [6.45, 7) is 9.99. The van der Waals surface area contributed by atoms with E-state index >= 15 is 0 Å². The lowest BCUT2D eigenvalue weighted by atomic mass is 9.64. The zero-order chi connectivity index (χ0) is 10.6. The molecule has 1 aliphatic heterocycles. The highest BCUT2D eigenvalue weighted by Crippen LogP contribution is 2.57. The lowest BCUT2D eigenvalue weighted by Crippen LogP contribution is -2.51. The van der Waals surface area contributed by atoms with Crippen molar-refractivity contribution < 1.29 is 4.74 Å². The van der Waals surface area contributed by atoms with E-state index in [1.165, 1.54) is 12.8 Å². The molecule has 1 spiro atoms. The van der Waals surface area contributed by atoms with Crippen molar-refractivity contribution in [1.82, 2.24) is 0 Å². The van der Waals surface area contributed by atoms with Crippen molar-refractivity contribution in [2.24, 2.45) is 23.0 Å². The Morgan fingerprint density at radius 3 is 1.86 bits per heavy atom. The molecule has 0 aromatic carbocycles. The minimum absolute atomic E-state index is 0.0779. The first-order valence-corrected chi connectivity index (χ1v) is 5.85. The maximum atomic E-state index is 6.43. The summed E-state index contributed by atoms with van der Waals surface area (Å²) in [5.41, 5.74) is 6.71. The standard InChI is InChI=1S/C12H23NO/c1-8(2)12(9(3)4)7-14-11(5-6-11)10(12)13/h8-10H,5-7,13H2,1-4H3/t10-/m1/s1. The second kappa shape index (κ2) is 2.96. The molecule has 0 aromatic rings. The summed E-state index contributed by atoms with van der Waals surface area (Å²) < 4.78 is 5.98. The second-order valence-electron chi connectivity index (χ2n) is 5.75. The smallest absolute Gasteiger partial charge is 0.0841 e. The van der Waals surface area contributed by atoms with Crippen LogP contribution in [0.15, 0.2) is 0 Å². The molecule has 1 saturated heterocycles. The average molecular weight is 197 g/mol. The predicted molar refractivity (Wildman–Crippen MR) is 58.0 cm³/mol. The highest BCUT2D eigenvalue weighted by atomic mass is 16.5. The van der Waals surface area contributed by atoms with Crippen LogP contribution < -0.4 is 5.73 Å². The molecule has 2 aliphatic rings. The van der Waals surface area contributed by atoms with Crippen LogP contribution in [0.25, 0.3) is 0 Å². The Morgan fingerprint density at radius 1 is 1.14 bits per heavy atom. The van der Waals surface area contributed by atoms with Gasteiger partial charge in [-0.2, -0.15) is 0 Å². The van der Waals surface area contributed by atoms with Crippen LogP contribution in [-0.2, 0) is 4.74 Å². The molecule has 1 heterocycles. The molecule has 2 nitrogen and oxygen atoms in total. The summed E-state index contributed by atoms with van der Waals surface area (Å²) in [6, 6.07) is 0.245.